The minimum atomic E-state index is -4.58. The van der Waals surface area contributed by atoms with Gasteiger partial charge in [0, 0.05) is 53.7 Å². The second-order valence-corrected chi connectivity index (χ2v) is 12.7. The summed E-state index contributed by atoms with van der Waals surface area (Å²) < 4.78 is 56.7. The average molecular weight is 656 g/mol. The van der Waals surface area contributed by atoms with Crippen molar-refractivity contribution in [2.45, 2.75) is 63.8 Å². The maximum Gasteiger partial charge on any atom is 0.416 e. The topological polar surface area (TPSA) is 97.7 Å². The SMILES string of the molecule is CC[C@@H]1CCCN1Cc1sc(Nc2ncnc(N3CC[C@H](N(C)CCC(=O)O)C3)c2F)nc1-c1cc(Cl)cc(C(F)(F)F)c1. The third-order valence-electron chi connectivity index (χ3n) is 8.27. The van der Waals surface area contributed by atoms with Crippen LogP contribution in [0, 0.1) is 5.82 Å². The van der Waals surface area contributed by atoms with Crippen molar-refractivity contribution in [2.24, 2.45) is 0 Å². The van der Waals surface area contributed by atoms with Gasteiger partial charge in [-0.15, -0.1) is 0 Å². The van der Waals surface area contributed by atoms with Crippen molar-refractivity contribution in [1.29, 1.82) is 0 Å². The van der Waals surface area contributed by atoms with Gasteiger partial charge in [-0.1, -0.05) is 29.9 Å². The lowest BCUT2D eigenvalue weighted by molar-refractivity contribution is -0.138. The van der Waals surface area contributed by atoms with Gasteiger partial charge >= 0.3 is 12.1 Å². The molecule has 2 aromatic heterocycles. The third-order valence-corrected chi connectivity index (χ3v) is 9.45. The first-order valence-electron chi connectivity index (χ1n) is 14.5. The van der Waals surface area contributed by atoms with Crippen LogP contribution >= 0.6 is 22.9 Å². The smallest absolute Gasteiger partial charge is 0.416 e. The van der Waals surface area contributed by atoms with Crippen molar-refractivity contribution in [2.75, 3.05) is 43.4 Å². The Labute approximate surface area is 261 Å². The predicted molar refractivity (Wildman–Crippen MR) is 162 cm³/mol. The minimum Gasteiger partial charge on any atom is -0.481 e. The Morgan fingerprint density at radius 3 is 2.75 bits per heavy atom. The number of benzene rings is 1. The predicted octanol–water partition coefficient (Wildman–Crippen LogP) is 6.51. The lowest BCUT2D eigenvalue weighted by Gasteiger charge is -2.24. The van der Waals surface area contributed by atoms with Gasteiger partial charge in [-0.2, -0.15) is 17.6 Å². The van der Waals surface area contributed by atoms with Crippen LogP contribution in [0.2, 0.25) is 5.02 Å². The summed E-state index contributed by atoms with van der Waals surface area (Å²) in [5, 5.41) is 12.2. The molecule has 0 bridgehead atoms. The Morgan fingerprint density at radius 2 is 2.02 bits per heavy atom. The maximum absolute atomic E-state index is 15.8. The quantitative estimate of drug-likeness (QED) is 0.224. The van der Waals surface area contributed by atoms with Crippen molar-refractivity contribution in [1.82, 2.24) is 24.8 Å². The number of halogens is 5. The van der Waals surface area contributed by atoms with Crippen molar-refractivity contribution in [3.8, 4) is 11.3 Å². The summed E-state index contributed by atoms with van der Waals surface area (Å²) in [6.07, 6.45) is 0.442. The molecule has 1 aromatic carbocycles. The molecule has 238 valence electrons. The van der Waals surface area contributed by atoms with E-state index in [1.165, 1.54) is 23.7 Å². The van der Waals surface area contributed by atoms with Gasteiger partial charge in [0.25, 0.3) is 0 Å². The summed E-state index contributed by atoms with van der Waals surface area (Å²) in [4.78, 5) is 30.6. The molecule has 2 fully saturated rings. The van der Waals surface area contributed by atoms with Gasteiger partial charge in [0.15, 0.2) is 16.8 Å². The van der Waals surface area contributed by atoms with E-state index in [1.54, 1.807) is 4.90 Å². The number of hydrogen-bond donors (Lipinski definition) is 2. The van der Waals surface area contributed by atoms with Crippen LogP contribution in [0.3, 0.4) is 0 Å². The van der Waals surface area contributed by atoms with Gasteiger partial charge in [-0.05, 0) is 57.5 Å². The van der Waals surface area contributed by atoms with Crippen LogP contribution in [0.15, 0.2) is 24.5 Å². The fraction of sp³-hybridized carbons (Fsp3) is 0.517. The molecule has 0 spiro atoms. The molecular formula is C29H34ClF4N7O2S. The van der Waals surface area contributed by atoms with Crippen molar-refractivity contribution in [3.05, 3.63) is 45.8 Å². The van der Waals surface area contributed by atoms with E-state index in [-0.39, 0.29) is 39.8 Å². The van der Waals surface area contributed by atoms with Crippen LogP contribution in [0.4, 0.5) is 34.3 Å². The van der Waals surface area contributed by atoms with Crippen LogP contribution in [0.5, 0.6) is 0 Å². The number of hydrogen-bond acceptors (Lipinski definition) is 9. The third kappa shape index (κ3) is 7.41. The number of alkyl halides is 3. The van der Waals surface area contributed by atoms with Crippen LogP contribution in [-0.2, 0) is 17.5 Å². The van der Waals surface area contributed by atoms with Crippen LogP contribution < -0.4 is 10.2 Å². The molecule has 2 N–H and O–H groups in total. The molecule has 9 nitrogen and oxygen atoms in total. The largest absolute Gasteiger partial charge is 0.481 e. The summed E-state index contributed by atoms with van der Waals surface area (Å²) in [5.74, 6) is -1.53. The molecule has 4 heterocycles. The van der Waals surface area contributed by atoms with E-state index in [9.17, 15) is 18.0 Å². The molecule has 15 heteroatoms. The number of carboxylic acid groups (broad SMARTS) is 1. The number of thiazole rings is 1. The molecule has 44 heavy (non-hydrogen) atoms. The van der Waals surface area contributed by atoms with Crippen molar-refractivity contribution in [3.63, 3.8) is 0 Å². The molecule has 2 aliphatic rings. The second kappa shape index (κ2) is 13.5. The summed E-state index contributed by atoms with van der Waals surface area (Å²) in [6.45, 7) is 4.86. The number of nitrogens with one attached hydrogen (secondary N) is 1. The van der Waals surface area contributed by atoms with E-state index >= 15 is 4.39 Å². The molecule has 2 saturated heterocycles. The molecule has 5 rings (SSSR count). The molecular weight excluding hydrogens is 622 g/mol. The fourth-order valence-electron chi connectivity index (χ4n) is 5.90. The molecule has 0 amide bonds. The number of nitrogens with zero attached hydrogens (tertiary/aromatic N) is 6. The first-order chi connectivity index (χ1) is 20.9. The van der Waals surface area contributed by atoms with Gasteiger partial charge in [-0.3, -0.25) is 9.69 Å². The first kappa shape index (κ1) is 32.3. The Bertz CT molecular complexity index is 1490. The van der Waals surface area contributed by atoms with Crippen molar-refractivity contribution < 1.29 is 27.5 Å². The van der Waals surface area contributed by atoms with E-state index in [4.69, 9.17) is 16.7 Å². The number of anilines is 3. The summed E-state index contributed by atoms with van der Waals surface area (Å²) in [6, 6.07) is 3.79. The first-order valence-corrected chi connectivity index (χ1v) is 15.7. The lowest BCUT2D eigenvalue weighted by atomic mass is 10.1. The minimum absolute atomic E-state index is 0.0181. The Morgan fingerprint density at radius 1 is 1.23 bits per heavy atom. The van der Waals surface area contributed by atoms with Gasteiger partial charge in [0.05, 0.1) is 17.7 Å². The van der Waals surface area contributed by atoms with Crippen LogP contribution in [-0.4, -0.2) is 81.1 Å². The molecule has 0 unspecified atom stereocenters. The molecule has 0 aliphatic carbocycles. The average Bonchev–Trinajstić information content (AvgIpc) is 3.72. The van der Waals surface area contributed by atoms with Gasteiger partial charge in [-0.25, -0.2) is 15.0 Å². The van der Waals surface area contributed by atoms with E-state index in [0.29, 0.717) is 37.9 Å². The highest BCUT2D eigenvalue weighted by Crippen LogP contribution is 2.40. The van der Waals surface area contributed by atoms with E-state index in [2.05, 4.69) is 32.1 Å². The number of likely N-dealkylation sites (tertiary alicyclic amines) is 1. The highest BCUT2D eigenvalue weighted by atomic mass is 35.5. The van der Waals surface area contributed by atoms with E-state index < -0.39 is 23.5 Å². The number of carboxylic acids is 1. The number of aromatic nitrogens is 3. The molecule has 2 aliphatic heterocycles. The second-order valence-electron chi connectivity index (χ2n) is 11.2. The normalized spacial score (nSPS) is 19.3. The van der Waals surface area contributed by atoms with E-state index in [0.717, 1.165) is 49.2 Å². The zero-order chi connectivity index (χ0) is 31.6. The zero-order valence-electron chi connectivity index (χ0n) is 24.4. The van der Waals surface area contributed by atoms with Gasteiger partial charge < -0.3 is 20.2 Å². The van der Waals surface area contributed by atoms with Crippen LogP contribution in [0.25, 0.3) is 11.3 Å². The van der Waals surface area contributed by atoms with Gasteiger partial charge in [0.2, 0.25) is 5.82 Å². The number of carbonyl (C=O) groups is 1. The Balaban J connectivity index is 1.42. The molecule has 3 aromatic rings. The Hall–Kier alpha value is -3.07. The van der Waals surface area contributed by atoms with Crippen molar-refractivity contribution >= 4 is 45.7 Å². The zero-order valence-corrected chi connectivity index (χ0v) is 25.9. The highest BCUT2D eigenvalue weighted by molar-refractivity contribution is 7.16. The number of likely N-dealkylation sites (N-methyl/N-ethyl adjacent to an activating group) is 1. The summed E-state index contributed by atoms with van der Waals surface area (Å²) in [7, 11) is 1.85. The highest BCUT2D eigenvalue weighted by Gasteiger charge is 2.33. The standard InChI is InChI=1S/C29H34ClF4N7O2S/c1-3-20-5-4-8-40(20)15-22-25(17-11-18(29(32,33)34)13-19(30)12-17)37-28(44-22)38-26-24(31)27(36-16-35-26)41-10-6-21(14-41)39(2)9-7-23(42)43/h11-13,16,20-21H,3-10,14-15H2,1-2H3,(H,42,43)(H,35,36,37,38)/t20-,21+/m1/s1. The molecule has 2 atom stereocenters. The maximum atomic E-state index is 15.8. The van der Waals surface area contributed by atoms with Crippen LogP contribution in [0.1, 0.15) is 49.5 Å². The summed E-state index contributed by atoms with van der Waals surface area (Å²) in [5.41, 5.74) is -0.283. The Kier molecular flexibility index (Phi) is 9.93. The summed E-state index contributed by atoms with van der Waals surface area (Å²) >= 11 is 7.36. The number of aliphatic carboxylic acids is 1. The lowest BCUT2D eigenvalue weighted by Crippen LogP contribution is -2.36. The monoisotopic (exact) mass is 655 g/mol. The molecule has 0 saturated carbocycles. The van der Waals surface area contributed by atoms with E-state index in [1.807, 2.05) is 11.9 Å². The van der Waals surface area contributed by atoms with Gasteiger partial charge in [0.1, 0.15) is 6.33 Å². The fourth-order valence-corrected chi connectivity index (χ4v) is 7.14. The number of rotatable bonds is 11. The molecule has 0 radical (unpaired) electrons.